The summed E-state index contributed by atoms with van der Waals surface area (Å²) in [5.74, 6) is 1.54. The summed E-state index contributed by atoms with van der Waals surface area (Å²) in [6, 6.07) is 14.3. The molecule has 2 aromatic carbocycles. The van der Waals surface area contributed by atoms with Gasteiger partial charge in [0, 0.05) is 23.8 Å². The fourth-order valence-electron chi connectivity index (χ4n) is 3.97. The van der Waals surface area contributed by atoms with E-state index >= 15 is 0 Å². The number of aliphatic imine (C=N–C) groups is 1. The lowest BCUT2D eigenvalue weighted by atomic mass is 9.82. The molecule has 5 heteroatoms. The van der Waals surface area contributed by atoms with E-state index in [1.54, 1.807) is 0 Å². The number of hydrogen-bond donors (Lipinski definition) is 2. The van der Waals surface area contributed by atoms with Crippen molar-refractivity contribution in [2.24, 2.45) is 16.5 Å². The molecule has 1 aliphatic heterocycles. The third kappa shape index (κ3) is 4.82. The molecule has 0 fully saturated rings. The number of benzene rings is 2. The van der Waals surface area contributed by atoms with Crippen molar-refractivity contribution >= 4 is 11.6 Å². The quantitative estimate of drug-likeness (QED) is 0.303. The molecule has 0 unspecified atom stereocenters. The van der Waals surface area contributed by atoms with Crippen LogP contribution >= 0.6 is 0 Å². The van der Waals surface area contributed by atoms with E-state index in [1.165, 1.54) is 16.9 Å². The van der Waals surface area contributed by atoms with E-state index in [4.69, 9.17) is 16.2 Å². The van der Waals surface area contributed by atoms with Crippen LogP contribution in [0, 0.1) is 6.92 Å². The van der Waals surface area contributed by atoms with Crippen LogP contribution in [-0.4, -0.2) is 13.0 Å². The lowest BCUT2D eigenvalue weighted by Gasteiger charge is -2.24. The van der Waals surface area contributed by atoms with Crippen LogP contribution in [0.15, 0.2) is 83.2 Å². The van der Waals surface area contributed by atoms with Gasteiger partial charge in [-0.1, -0.05) is 50.8 Å². The number of anilines is 1. The fraction of sp³-hybridized carbons (Fsp3) is 0.269. The monoisotopic (exact) mass is 416 g/mol. The number of allylic oxidation sites excluding steroid dienone is 4. The van der Waals surface area contributed by atoms with Crippen molar-refractivity contribution in [2.75, 3.05) is 11.9 Å². The molecule has 0 saturated heterocycles. The SMILES string of the molecule is C=C(C=C(C)C=C1N(C)c2ccc(CN=C(N)N)cc2C1(C)C)Oc1ccccc1C. The maximum Gasteiger partial charge on any atom is 0.186 e. The molecule has 1 heterocycles. The van der Waals surface area contributed by atoms with Gasteiger partial charge in [-0.2, -0.15) is 0 Å². The highest BCUT2D eigenvalue weighted by atomic mass is 16.5. The molecule has 1 aliphatic rings. The molecular formula is C26H32N4O. The van der Waals surface area contributed by atoms with Gasteiger partial charge in [0.05, 0.1) is 6.54 Å². The molecule has 0 saturated carbocycles. The van der Waals surface area contributed by atoms with Crippen LogP contribution in [-0.2, 0) is 12.0 Å². The van der Waals surface area contributed by atoms with E-state index in [9.17, 15) is 0 Å². The third-order valence-electron chi connectivity index (χ3n) is 5.63. The molecule has 0 amide bonds. The molecular weight excluding hydrogens is 384 g/mol. The van der Waals surface area contributed by atoms with Gasteiger partial charge in [-0.15, -0.1) is 0 Å². The molecule has 0 atom stereocenters. The second-order valence-electron chi connectivity index (χ2n) is 8.53. The summed E-state index contributed by atoms with van der Waals surface area (Å²) >= 11 is 0. The van der Waals surface area contributed by atoms with Crippen molar-refractivity contribution in [2.45, 2.75) is 39.7 Å². The first-order valence-corrected chi connectivity index (χ1v) is 10.3. The van der Waals surface area contributed by atoms with Gasteiger partial charge in [-0.3, -0.25) is 0 Å². The molecule has 31 heavy (non-hydrogen) atoms. The van der Waals surface area contributed by atoms with Crippen molar-refractivity contribution < 1.29 is 4.74 Å². The smallest absolute Gasteiger partial charge is 0.186 e. The fourth-order valence-corrected chi connectivity index (χ4v) is 3.97. The van der Waals surface area contributed by atoms with Gasteiger partial charge in [0.2, 0.25) is 0 Å². The van der Waals surface area contributed by atoms with E-state index in [2.05, 4.69) is 68.6 Å². The maximum atomic E-state index is 5.94. The van der Waals surface area contributed by atoms with Gasteiger partial charge in [0.25, 0.3) is 0 Å². The second-order valence-corrected chi connectivity index (χ2v) is 8.53. The number of aryl methyl sites for hydroxylation is 1. The first kappa shape index (κ1) is 22.2. The zero-order valence-electron chi connectivity index (χ0n) is 19.1. The number of nitrogens with zero attached hydrogens (tertiary/aromatic N) is 2. The minimum absolute atomic E-state index is 0.103. The predicted molar refractivity (Wildman–Crippen MR) is 130 cm³/mol. The number of likely N-dealkylation sites (N-methyl/N-ethyl adjacent to an activating group) is 1. The summed E-state index contributed by atoms with van der Waals surface area (Å²) in [7, 11) is 2.10. The summed E-state index contributed by atoms with van der Waals surface area (Å²) < 4.78 is 5.94. The van der Waals surface area contributed by atoms with Gasteiger partial charge in [-0.25, -0.2) is 4.99 Å². The maximum absolute atomic E-state index is 5.94. The van der Waals surface area contributed by atoms with Crippen LogP contribution in [0.5, 0.6) is 5.75 Å². The Hall–Kier alpha value is -3.47. The van der Waals surface area contributed by atoms with Crippen LogP contribution in [0.4, 0.5) is 5.69 Å². The Kier molecular flexibility index (Phi) is 6.25. The lowest BCUT2D eigenvalue weighted by molar-refractivity contribution is 0.443. The number of nitrogens with two attached hydrogens (primary N) is 2. The Balaban J connectivity index is 1.85. The highest BCUT2D eigenvalue weighted by molar-refractivity contribution is 5.76. The average molecular weight is 417 g/mol. The largest absolute Gasteiger partial charge is 0.458 e. The van der Waals surface area contributed by atoms with E-state index in [0.29, 0.717) is 12.3 Å². The second kappa shape index (κ2) is 8.72. The molecule has 3 rings (SSSR count). The number of rotatable bonds is 6. The van der Waals surface area contributed by atoms with E-state index < -0.39 is 0 Å². The standard InChI is InChI=1S/C26H32N4O/c1-17(13-19(3)31-23-10-8-7-9-18(23)2)14-24-26(4,5)21-15-20(16-29-25(27)28)11-12-22(21)30(24)6/h7-15H,3,16H2,1-2,4-6H3,(H4,27,28,29). The van der Waals surface area contributed by atoms with E-state index in [0.717, 1.165) is 22.4 Å². The van der Waals surface area contributed by atoms with Crippen LogP contribution in [0.1, 0.15) is 37.5 Å². The van der Waals surface area contributed by atoms with Crippen LogP contribution in [0.25, 0.3) is 0 Å². The Morgan fingerprint density at radius 1 is 1.19 bits per heavy atom. The normalized spacial score (nSPS) is 16.2. The van der Waals surface area contributed by atoms with Crippen molar-refractivity contribution in [3.8, 4) is 5.75 Å². The van der Waals surface area contributed by atoms with Gasteiger partial charge >= 0.3 is 0 Å². The van der Waals surface area contributed by atoms with Gasteiger partial charge in [0.1, 0.15) is 11.5 Å². The lowest BCUT2D eigenvalue weighted by Crippen LogP contribution is -2.23. The molecule has 0 radical (unpaired) electrons. The highest BCUT2D eigenvalue weighted by Crippen LogP contribution is 2.47. The Bertz CT molecular complexity index is 1090. The topological polar surface area (TPSA) is 76.9 Å². The molecule has 162 valence electrons. The van der Waals surface area contributed by atoms with Crippen molar-refractivity contribution in [1.29, 1.82) is 0 Å². The zero-order valence-corrected chi connectivity index (χ0v) is 19.1. The summed E-state index contributed by atoms with van der Waals surface area (Å²) in [6.07, 6.45) is 4.17. The van der Waals surface area contributed by atoms with Gasteiger partial charge in [-0.05, 0) is 60.4 Å². The molecule has 2 aromatic rings. The van der Waals surface area contributed by atoms with Crippen LogP contribution in [0.3, 0.4) is 0 Å². The average Bonchev–Trinajstić information content (AvgIpc) is 2.88. The Morgan fingerprint density at radius 2 is 1.90 bits per heavy atom. The third-order valence-corrected chi connectivity index (χ3v) is 5.63. The summed E-state index contributed by atoms with van der Waals surface area (Å²) in [5, 5.41) is 0. The molecule has 0 aromatic heterocycles. The number of fused-ring (bicyclic) bond motifs is 1. The Morgan fingerprint density at radius 3 is 2.58 bits per heavy atom. The van der Waals surface area contributed by atoms with Crippen LogP contribution in [0.2, 0.25) is 0 Å². The minimum atomic E-state index is -0.161. The number of para-hydroxylation sites is 1. The molecule has 0 aliphatic carbocycles. The van der Waals surface area contributed by atoms with Crippen molar-refractivity contribution in [3.63, 3.8) is 0 Å². The van der Waals surface area contributed by atoms with Crippen LogP contribution < -0.4 is 21.1 Å². The highest BCUT2D eigenvalue weighted by Gasteiger charge is 2.38. The summed E-state index contributed by atoms with van der Waals surface area (Å²) in [6.45, 7) is 13.1. The van der Waals surface area contributed by atoms with Gasteiger partial charge in [0.15, 0.2) is 5.96 Å². The van der Waals surface area contributed by atoms with Gasteiger partial charge < -0.3 is 21.1 Å². The Labute approximate surface area is 185 Å². The molecule has 0 bridgehead atoms. The molecule has 5 nitrogen and oxygen atoms in total. The van der Waals surface area contributed by atoms with Crippen molar-refractivity contribution in [1.82, 2.24) is 0 Å². The van der Waals surface area contributed by atoms with Crippen molar-refractivity contribution in [3.05, 3.63) is 94.9 Å². The molecule has 4 N–H and O–H groups in total. The summed E-state index contributed by atoms with van der Waals surface area (Å²) in [4.78, 5) is 6.38. The number of hydrogen-bond acceptors (Lipinski definition) is 3. The van der Waals surface area contributed by atoms with E-state index in [-0.39, 0.29) is 11.4 Å². The number of ether oxygens (including phenoxy) is 1. The minimum Gasteiger partial charge on any atom is -0.458 e. The first-order chi connectivity index (χ1) is 14.6. The first-order valence-electron chi connectivity index (χ1n) is 10.3. The zero-order chi connectivity index (χ0) is 22.8. The number of guanidine groups is 1. The van der Waals surface area contributed by atoms with E-state index in [1.807, 2.05) is 37.3 Å². The predicted octanol–water partition coefficient (Wildman–Crippen LogP) is 4.92. The summed E-state index contributed by atoms with van der Waals surface area (Å²) in [5.41, 5.74) is 17.7. The molecule has 0 spiro atoms.